The lowest BCUT2D eigenvalue weighted by atomic mass is 9.74. The van der Waals surface area contributed by atoms with Gasteiger partial charge in [0.1, 0.15) is 0 Å². The zero-order valence-electron chi connectivity index (χ0n) is 12.0. The van der Waals surface area contributed by atoms with Gasteiger partial charge in [-0.15, -0.1) is 0 Å². The largest absolute Gasteiger partial charge is 0.504 e. The number of phenols is 3. The molecule has 110 valence electrons. The number of phenolic OH excluding ortho intramolecular Hbond substituents is 3. The van der Waals surface area contributed by atoms with Crippen LogP contribution in [-0.2, 0) is 9.31 Å². The van der Waals surface area contributed by atoms with Crippen LogP contribution in [0.25, 0.3) is 0 Å². The monoisotopic (exact) mass is 281 g/mol. The van der Waals surface area contributed by atoms with Crippen LogP contribution in [0.2, 0.25) is 0 Å². The van der Waals surface area contributed by atoms with Gasteiger partial charge in [0, 0.05) is 5.56 Å². The van der Waals surface area contributed by atoms with Gasteiger partial charge in [0.25, 0.3) is 0 Å². The third-order valence-corrected chi connectivity index (χ3v) is 4.08. The molecular weight excluding hydrogens is 261 g/mol. The average molecular weight is 281 g/mol. The molecule has 1 unspecified atom stereocenters. The average Bonchev–Trinajstić information content (AvgIpc) is 2.55. The smallest absolute Gasteiger partial charge is 0.480 e. The fraction of sp³-hybridized carbons (Fsp3) is 0.538. The van der Waals surface area contributed by atoms with Crippen LogP contribution in [-0.4, -0.2) is 33.6 Å². The highest BCUT2D eigenvalue weighted by Gasteiger charge is 2.53. The van der Waals surface area contributed by atoms with Gasteiger partial charge in [0.2, 0.25) is 5.75 Å². The molecule has 1 aliphatic rings. The molecule has 20 heavy (non-hydrogen) atoms. The van der Waals surface area contributed by atoms with E-state index in [1.165, 1.54) is 12.1 Å². The molecule has 0 radical (unpaired) electrons. The van der Waals surface area contributed by atoms with E-state index in [2.05, 4.69) is 0 Å². The van der Waals surface area contributed by atoms with Crippen molar-refractivity contribution in [1.29, 1.82) is 0 Å². The standard InChI is InChI=1S/C13H20BNO5/c1-12(2)13(3,4)20-14(19-12)11(15)7-5-6-8(16)10(18)9(7)17/h5-6,11,16-18H,15H2,1-4H3. The summed E-state index contributed by atoms with van der Waals surface area (Å²) in [4.78, 5) is 0. The van der Waals surface area contributed by atoms with Crippen LogP contribution in [0.4, 0.5) is 0 Å². The minimum absolute atomic E-state index is 0.249. The van der Waals surface area contributed by atoms with Gasteiger partial charge in [0.05, 0.1) is 17.1 Å². The molecule has 2 rings (SSSR count). The Morgan fingerprint density at radius 3 is 2.00 bits per heavy atom. The molecule has 1 aromatic rings. The minimum Gasteiger partial charge on any atom is -0.504 e. The Morgan fingerprint density at radius 2 is 1.50 bits per heavy atom. The second kappa shape index (κ2) is 4.54. The van der Waals surface area contributed by atoms with Crippen molar-refractivity contribution in [2.24, 2.45) is 5.73 Å². The van der Waals surface area contributed by atoms with Crippen molar-refractivity contribution in [3.05, 3.63) is 17.7 Å². The maximum atomic E-state index is 9.87. The predicted octanol–water partition coefficient (Wildman–Crippen LogP) is 1.43. The van der Waals surface area contributed by atoms with Gasteiger partial charge < -0.3 is 30.4 Å². The third kappa shape index (κ3) is 2.22. The topological polar surface area (TPSA) is 105 Å². The predicted molar refractivity (Wildman–Crippen MR) is 74.4 cm³/mol. The van der Waals surface area contributed by atoms with E-state index >= 15 is 0 Å². The van der Waals surface area contributed by atoms with E-state index in [1.807, 2.05) is 27.7 Å². The van der Waals surface area contributed by atoms with Crippen LogP contribution in [0.1, 0.15) is 39.2 Å². The highest BCUT2D eigenvalue weighted by molar-refractivity contribution is 6.47. The van der Waals surface area contributed by atoms with E-state index in [4.69, 9.17) is 15.0 Å². The van der Waals surface area contributed by atoms with E-state index < -0.39 is 41.5 Å². The molecule has 0 bridgehead atoms. The Labute approximate surface area is 118 Å². The van der Waals surface area contributed by atoms with Gasteiger partial charge in [0.15, 0.2) is 11.5 Å². The molecule has 1 aromatic carbocycles. The Hall–Kier alpha value is -1.44. The summed E-state index contributed by atoms with van der Waals surface area (Å²) in [5.74, 6) is -2.27. The fourth-order valence-corrected chi connectivity index (χ4v) is 2.04. The molecule has 1 fully saturated rings. The molecular formula is C13H20BNO5. The summed E-state index contributed by atoms with van der Waals surface area (Å²) in [6, 6.07) is 2.69. The fourth-order valence-electron chi connectivity index (χ4n) is 2.04. The molecule has 1 heterocycles. The van der Waals surface area contributed by atoms with E-state index in [1.54, 1.807) is 0 Å². The second-order valence-corrected chi connectivity index (χ2v) is 6.02. The molecule has 1 atom stereocenters. The minimum atomic E-state index is -0.789. The Morgan fingerprint density at radius 1 is 1.00 bits per heavy atom. The molecule has 0 spiro atoms. The lowest BCUT2D eigenvalue weighted by Gasteiger charge is -2.32. The summed E-state index contributed by atoms with van der Waals surface area (Å²) >= 11 is 0. The van der Waals surface area contributed by atoms with Gasteiger partial charge in [-0.2, -0.15) is 0 Å². The molecule has 0 aliphatic carbocycles. The molecule has 6 nitrogen and oxygen atoms in total. The number of hydrogen-bond acceptors (Lipinski definition) is 6. The van der Waals surface area contributed by atoms with Crippen LogP contribution in [0.3, 0.4) is 0 Å². The van der Waals surface area contributed by atoms with E-state index in [-0.39, 0.29) is 5.56 Å². The van der Waals surface area contributed by atoms with E-state index in [0.29, 0.717) is 0 Å². The van der Waals surface area contributed by atoms with Gasteiger partial charge in [-0.3, -0.25) is 0 Å². The lowest BCUT2D eigenvalue weighted by Crippen LogP contribution is -2.41. The highest BCUT2D eigenvalue weighted by atomic mass is 16.7. The Kier molecular flexibility index (Phi) is 3.40. The van der Waals surface area contributed by atoms with Crippen molar-refractivity contribution in [1.82, 2.24) is 0 Å². The zero-order chi connectivity index (χ0) is 15.3. The van der Waals surface area contributed by atoms with Crippen molar-refractivity contribution in [2.45, 2.75) is 44.8 Å². The van der Waals surface area contributed by atoms with Crippen LogP contribution in [0.15, 0.2) is 12.1 Å². The third-order valence-electron chi connectivity index (χ3n) is 4.08. The number of benzene rings is 1. The van der Waals surface area contributed by atoms with Crippen molar-refractivity contribution >= 4 is 7.12 Å². The zero-order valence-corrected chi connectivity index (χ0v) is 12.0. The summed E-state index contributed by atoms with van der Waals surface area (Å²) in [7, 11) is -0.755. The maximum absolute atomic E-state index is 9.87. The van der Waals surface area contributed by atoms with Gasteiger partial charge in [-0.1, -0.05) is 6.07 Å². The van der Waals surface area contributed by atoms with Crippen LogP contribution >= 0.6 is 0 Å². The lowest BCUT2D eigenvalue weighted by molar-refractivity contribution is 0.00578. The molecule has 1 aliphatic heterocycles. The van der Waals surface area contributed by atoms with E-state index in [0.717, 1.165) is 0 Å². The number of hydrogen-bond donors (Lipinski definition) is 4. The number of aromatic hydroxyl groups is 3. The first-order valence-corrected chi connectivity index (χ1v) is 6.42. The quantitative estimate of drug-likeness (QED) is 0.483. The summed E-state index contributed by atoms with van der Waals surface area (Å²) in [5, 5.41) is 28.7. The first kappa shape index (κ1) is 15.0. The maximum Gasteiger partial charge on any atom is 0.480 e. The second-order valence-electron chi connectivity index (χ2n) is 6.02. The van der Waals surface area contributed by atoms with Crippen molar-refractivity contribution in [3.8, 4) is 17.2 Å². The first-order valence-electron chi connectivity index (χ1n) is 6.42. The summed E-state index contributed by atoms with van der Waals surface area (Å²) in [5.41, 5.74) is 5.23. The van der Waals surface area contributed by atoms with Crippen molar-refractivity contribution in [3.63, 3.8) is 0 Å². The van der Waals surface area contributed by atoms with Crippen LogP contribution in [0.5, 0.6) is 17.2 Å². The van der Waals surface area contributed by atoms with Gasteiger partial charge >= 0.3 is 7.12 Å². The van der Waals surface area contributed by atoms with Gasteiger partial charge in [-0.25, -0.2) is 0 Å². The van der Waals surface area contributed by atoms with Crippen molar-refractivity contribution < 1.29 is 24.6 Å². The summed E-state index contributed by atoms with van der Waals surface area (Å²) in [6.07, 6.45) is 0. The van der Waals surface area contributed by atoms with Gasteiger partial charge in [-0.05, 0) is 33.8 Å². The van der Waals surface area contributed by atoms with Crippen LogP contribution < -0.4 is 5.73 Å². The van der Waals surface area contributed by atoms with E-state index in [9.17, 15) is 15.3 Å². The summed E-state index contributed by atoms with van der Waals surface area (Å²) in [6.45, 7) is 7.59. The van der Waals surface area contributed by atoms with Crippen molar-refractivity contribution in [2.75, 3.05) is 0 Å². The molecule has 0 aromatic heterocycles. The number of rotatable bonds is 2. The first-order chi connectivity index (χ1) is 9.07. The molecule has 5 N–H and O–H groups in total. The molecule has 0 amide bonds. The normalized spacial score (nSPS) is 21.9. The molecule has 7 heteroatoms. The Balaban J connectivity index is 2.30. The summed E-state index contributed by atoms with van der Waals surface area (Å²) < 4.78 is 11.6. The molecule has 0 saturated carbocycles. The molecule has 1 saturated heterocycles. The SMILES string of the molecule is CC1(C)OB(C(N)c2ccc(O)c(O)c2O)OC1(C)C. The number of nitrogens with two attached hydrogens (primary N) is 1. The van der Waals surface area contributed by atoms with Crippen LogP contribution in [0, 0.1) is 0 Å². The Bertz CT molecular complexity index is 516. The highest BCUT2D eigenvalue weighted by Crippen LogP contribution is 2.43.